The Balaban J connectivity index is 1.67. The highest BCUT2D eigenvalue weighted by atomic mass is 16.6. The van der Waals surface area contributed by atoms with Gasteiger partial charge in [-0.1, -0.05) is 0 Å². The molecule has 0 amide bonds. The maximum Gasteiger partial charge on any atom is 0.363 e. The molecule has 0 atom stereocenters. The van der Waals surface area contributed by atoms with E-state index in [1.54, 1.807) is 12.3 Å². The van der Waals surface area contributed by atoms with Crippen LogP contribution in [0, 0.1) is 24.0 Å². The van der Waals surface area contributed by atoms with Crippen molar-refractivity contribution >= 4 is 17.3 Å². The minimum atomic E-state index is -0.485. The molecule has 0 aliphatic carbocycles. The standard InChI is InChI=1S/C15H18N6O2/c1-11-9-15(18-12(2)17-11)20-7-5-19(6-8-20)13-3-4-14(16-10-13)21(22)23/h3-4,9-10H,5-8H2,1-2H3. The third-order valence-electron chi connectivity index (χ3n) is 3.84. The molecule has 0 N–H and O–H groups in total. The van der Waals surface area contributed by atoms with E-state index in [0.717, 1.165) is 49.2 Å². The first kappa shape index (κ1) is 15.1. The van der Waals surface area contributed by atoms with Crippen LogP contribution in [0.1, 0.15) is 11.5 Å². The zero-order chi connectivity index (χ0) is 16.4. The van der Waals surface area contributed by atoms with Crippen molar-refractivity contribution in [3.8, 4) is 0 Å². The van der Waals surface area contributed by atoms with Crippen LogP contribution in [0.5, 0.6) is 0 Å². The van der Waals surface area contributed by atoms with Gasteiger partial charge >= 0.3 is 5.82 Å². The number of aryl methyl sites for hydroxylation is 2. The lowest BCUT2D eigenvalue weighted by Gasteiger charge is -2.36. The number of nitro groups is 1. The number of nitrogens with zero attached hydrogens (tertiary/aromatic N) is 6. The molecule has 3 heterocycles. The Morgan fingerprint density at radius 3 is 2.35 bits per heavy atom. The summed E-state index contributed by atoms with van der Waals surface area (Å²) in [5.41, 5.74) is 1.87. The van der Waals surface area contributed by atoms with Crippen LogP contribution < -0.4 is 9.80 Å². The van der Waals surface area contributed by atoms with E-state index in [2.05, 4.69) is 24.8 Å². The van der Waals surface area contributed by atoms with Crippen molar-refractivity contribution in [2.45, 2.75) is 13.8 Å². The van der Waals surface area contributed by atoms with Crippen LogP contribution in [0.4, 0.5) is 17.3 Å². The summed E-state index contributed by atoms with van der Waals surface area (Å²) in [7, 11) is 0. The molecule has 0 radical (unpaired) electrons. The van der Waals surface area contributed by atoms with Gasteiger partial charge in [0.15, 0.2) is 6.20 Å². The number of aromatic nitrogens is 3. The van der Waals surface area contributed by atoms with E-state index in [4.69, 9.17) is 0 Å². The lowest BCUT2D eigenvalue weighted by atomic mass is 10.2. The fourth-order valence-electron chi connectivity index (χ4n) is 2.73. The number of anilines is 2. The summed E-state index contributed by atoms with van der Waals surface area (Å²) >= 11 is 0. The second-order valence-corrected chi connectivity index (χ2v) is 5.52. The normalized spacial score (nSPS) is 14.9. The van der Waals surface area contributed by atoms with Crippen molar-refractivity contribution < 1.29 is 4.92 Å². The lowest BCUT2D eigenvalue weighted by molar-refractivity contribution is -0.389. The predicted molar refractivity (Wildman–Crippen MR) is 86.8 cm³/mol. The van der Waals surface area contributed by atoms with Crippen molar-refractivity contribution in [3.05, 3.63) is 46.0 Å². The molecule has 8 heteroatoms. The Bertz CT molecular complexity index is 690. The quantitative estimate of drug-likeness (QED) is 0.629. The molecular formula is C15H18N6O2. The Labute approximate surface area is 134 Å². The van der Waals surface area contributed by atoms with Gasteiger partial charge in [-0.15, -0.1) is 0 Å². The molecule has 1 aliphatic heterocycles. The minimum absolute atomic E-state index is 0.126. The largest absolute Gasteiger partial charge is 0.365 e. The van der Waals surface area contributed by atoms with Gasteiger partial charge in [0.25, 0.3) is 0 Å². The van der Waals surface area contributed by atoms with Crippen LogP contribution >= 0.6 is 0 Å². The van der Waals surface area contributed by atoms with Gasteiger partial charge in [0, 0.05) is 44.0 Å². The van der Waals surface area contributed by atoms with E-state index in [0.29, 0.717) is 0 Å². The van der Waals surface area contributed by atoms with Crippen LogP contribution in [-0.2, 0) is 0 Å². The number of rotatable bonds is 3. The van der Waals surface area contributed by atoms with Gasteiger partial charge in [-0.05, 0) is 29.8 Å². The van der Waals surface area contributed by atoms with Crippen molar-refractivity contribution in [1.29, 1.82) is 0 Å². The summed E-state index contributed by atoms with van der Waals surface area (Å²) in [4.78, 5) is 27.3. The number of hydrogen-bond donors (Lipinski definition) is 0. The Hall–Kier alpha value is -2.77. The summed E-state index contributed by atoms with van der Waals surface area (Å²) in [6.45, 7) is 7.19. The molecule has 2 aromatic rings. The smallest absolute Gasteiger partial charge is 0.363 e. The summed E-state index contributed by atoms with van der Waals surface area (Å²) in [6.07, 6.45) is 1.56. The van der Waals surface area contributed by atoms with Crippen LogP contribution in [-0.4, -0.2) is 46.1 Å². The first-order chi connectivity index (χ1) is 11.0. The summed E-state index contributed by atoms with van der Waals surface area (Å²) in [5.74, 6) is 1.61. The van der Waals surface area contributed by atoms with Crippen LogP contribution in [0.3, 0.4) is 0 Å². The van der Waals surface area contributed by atoms with E-state index in [1.807, 2.05) is 19.9 Å². The zero-order valence-corrected chi connectivity index (χ0v) is 13.1. The van der Waals surface area contributed by atoms with Crippen molar-refractivity contribution in [2.24, 2.45) is 0 Å². The number of pyridine rings is 1. The first-order valence-electron chi connectivity index (χ1n) is 7.45. The van der Waals surface area contributed by atoms with Crippen molar-refractivity contribution in [2.75, 3.05) is 36.0 Å². The highest BCUT2D eigenvalue weighted by Gasteiger charge is 2.20. The molecule has 0 spiro atoms. The molecule has 1 fully saturated rings. The van der Waals surface area contributed by atoms with Crippen molar-refractivity contribution in [1.82, 2.24) is 15.0 Å². The fraction of sp³-hybridized carbons (Fsp3) is 0.400. The maximum absolute atomic E-state index is 10.7. The average Bonchev–Trinajstić information content (AvgIpc) is 2.54. The van der Waals surface area contributed by atoms with E-state index in [9.17, 15) is 10.1 Å². The Morgan fingerprint density at radius 2 is 1.78 bits per heavy atom. The highest BCUT2D eigenvalue weighted by molar-refractivity contribution is 5.49. The molecule has 1 saturated heterocycles. The van der Waals surface area contributed by atoms with E-state index in [-0.39, 0.29) is 5.82 Å². The lowest BCUT2D eigenvalue weighted by Crippen LogP contribution is -2.47. The molecule has 2 aromatic heterocycles. The van der Waals surface area contributed by atoms with Crippen molar-refractivity contribution in [3.63, 3.8) is 0 Å². The molecule has 3 rings (SSSR count). The second kappa shape index (κ2) is 6.15. The van der Waals surface area contributed by atoms with Gasteiger partial charge < -0.3 is 19.9 Å². The third-order valence-corrected chi connectivity index (χ3v) is 3.84. The van der Waals surface area contributed by atoms with Gasteiger partial charge in [-0.2, -0.15) is 0 Å². The van der Waals surface area contributed by atoms with Gasteiger partial charge in [-0.3, -0.25) is 0 Å². The van der Waals surface area contributed by atoms with Gasteiger partial charge in [-0.25, -0.2) is 9.97 Å². The third kappa shape index (κ3) is 3.36. The molecular weight excluding hydrogens is 296 g/mol. The van der Waals surface area contributed by atoms with Gasteiger partial charge in [0.1, 0.15) is 11.6 Å². The molecule has 8 nitrogen and oxygen atoms in total. The molecule has 120 valence electrons. The van der Waals surface area contributed by atoms with E-state index >= 15 is 0 Å². The SMILES string of the molecule is Cc1cc(N2CCN(c3ccc([N+](=O)[O-])nc3)CC2)nc(C)n1. The van der Waals surface area contributed by atoms with Gasteiger partial charge in [0.05, 0.1) is 5.69 Å². The molecule has 0 unspecified atom stereocenters. The van der Waals surface area contributed by atoms with Gasteiger partial charge in [0.2, 0.25) is 0 Å². The highest BCUT2D eigenvalue weighted by Crippen LogP contribution is 2.20. The molecule has 0 aromatic carbocycles. The molecule has 23 heavy (non-hydrogen) atoms. The zero-order valence-electron chi connectivity index (χ0n) is 13.1. The second-order valence-electron chi connectivity index (χ2n) is 5.52. The number of piperazine rings is 1. The first-order valence-corrected chi connectivity index (χ1v) is 7.45. The predicted octanol–water partition coefficient (Wildman–Crippen LogP) is 1.72. The maximum atomic E-state index is 10.7. The fourth-order valence-corrected chi connectivity index (χ4v) is 2.73. The minimum Gasteiger partial charge on any atom is -0.365 e. The van der Waals surface area contributed by atoms with E-state index < -0.39 is 4.92 Å². The topological polar surface area (TPSA) is 88.3 Å². The van der Waals surface area contributed by atoms with Crippen LogP contribution in [0.25, 0.3) is 0 Å². The summed E-state index contributed by atoms with van der Waals surface area (Å²) in [5, 5.41) is 10.7. The molecule has 0 saturated carbocycles. The van der Waals surface area contributed by atoms with Crippen LogP contribution in [0.15, 0.2) is 24.4 Å². The monoisotopic (exact) mass is 314 g/mol. The Kier molecular flexibility index (Phi) is 4.05. The van der Waals surface area contributed by atoms with E-state index in [1.165, 1.54) is 6.07 Å². The number of hydrogen-bond acceptors (Lipinski definition) is 7. The summed E-state index contributed by atoms with van der Waals surface area (Å²) in [6, 6.07) is 5.19. The molecule has 0 bridgehead atoms. The summed E-state index contributed by atoms with van der Waals surface area (Å²) < 4.78 is 0. The van der Waals surface area contributed by atoms with Crippen LogP contribution in [0.2, 0.25) is 0 Å². The average molecular weight is 314 g/mol. The Morgan fingerprint density at radius 1 is 1.09 bits per heavy atom. The molecule has 1 aliphatic rings.